The molecule has 0 aromatic heterocycles. The van der Waals surface area contributed by atoms with Crippen LogP contribution in [0.5, 0.6) is 11.5 Å². The Hall–Kier alpha value is -3.06. The van der Waals surface area contributed by atoms with Crippen molar-refractivity contribution in [1.29, 1.82) is 0 Å². The molecule has 0 radical (unpaired) electrons. The maximum atomic E-state index is 14.8. The van der Waals surface area contributed by atoms with Crippen LogP contribution in [-0.4, -0.2) is 31.4 Å². The molecule has 0 saturated heterocycles. The molecule has 0 amide bonds. The first-order valence-corrected chi connectivity index (χ1v) is 15.5. The van der Waals surface area contributed by atoms with Crippen molar-refractivity contribution < 1.29 is 37.1 Å². The molecule has 5 aromatic carbocycles. The largest absolute Gasteiger partial charge is 0.497 e. The standard InChI is InChI=1S/C20H15ClF2O.C7H9BO3.C6HBr2ClF2.CH4/c1-12-7-3-4-8-13(12)18-16(21)11-15(19(22)20(18)23)14-9-5-6-10-17(14)24-2;1-11-7-5-3-2-4-6(7)8(9)10;7-2-1-3(9)4(8)6(11)5(2)10;/h3-11H,1-2H3;2-5,9-10H,1H3;1H;1H4. The molecule has 0 unspecified atom stereocenters. The van der Waals surface area contributed by atoms with Crippen molar-refractivity contribution in [1.82, 2.24) is 0 Å². The van der Waals surface area contributed by atoms with Gasteiger partial charge in [-0.05, 0) is 74.2 Å². The lowest BCUT2D eigenvalue weighted by molar-refractivity contribution is 0.403. The van der Waals surface area contributed by atoms with E-state index >= 15 is 0 Å². The van der Waals surface area contributed by atoms with Crippen LogP contribution < -0.4 is 14.9 Å². The SMILES string of the molecule is C.COc1ccccc1-c1cc(Cl)c(-c2ccccc2C)c(F)c1F.COc1ccccc1B(O)O.Fc1c(Br)cc(Cl)c(Br)c1F. The van der Waals surface area contributed by atoms with Crippen LogP contribution in [-0.2, 0) is 0 Å². The van der Waals surface area contributed by atoms with Crippen LogP contribution in [0, 0.1) is 30.2 Å². The Morgan fingerprint density at radius 1 is 0.638 bits per heavy atom. The summed E-state index contributed by atoms with van der Waals surface area (Å²) in [5.74, 6) is -2.89. The highest BCUT2D eigenvalue weighted by Crippen LogP contribution is 2.41. The second kappa shape index (κ2) is 18.5. The van der Waals surface area contributed by atoms with Gasteiger partial charge in [-0.25, -0.2) is 17.6 Å². The second-order valence-corrected chi connectivity index (χ2v) is 11.8. The van der Waals surface area contributed by atoms with E-state index in [0.29, 0.717) is 28.1 Å². The summed E-state index contributed by atoms with van der Waals surface area (Å²) in [6.45, 7) is 1.83. The average molecular weight is 819 g/mol. The molecule has 5 aromatic rings. The summed E-state index contributed by atoms with van der Waals surface area (Å²) in [6.07, 6.45) is 0. The Kier molecular flexibility index (Phi) is 15.8. The normalized spacial score (nSPS) is 10.1. The van der Waals surface area contributed by atoms with Gasteiger partial charge in [0, 0.05) is 22.2 Å². The summed E-state index contributed by atoms with van der Waals surface area (Å²) in [7, 11) is 1.50. The molecule has 0 atom stereocenters. The van der Waals surface area contributed by atoms with Crippen LogP contribution in [0.3, 0.4) is 0 Å². The molecule has 0 aliphatic carbocycles. The first kappa shape index (κ1) is 40.1. The lowest BCUT2D eigenvalue weighted by Crippen LogP contribution is -2.30. The quantitative estimate of drug-likeness (QED) is 0.0803. The number of hydrogen-bond donors (Lipinski definition) is 2. The number of hydrogen-bond acceptors (Lipinski definition) is 4. The summed E-state index contributed by atoms with van der Waals surface area (Å²) < 4.78 is 65.0. The molecule has 5 rings (SSSR count). The minimum atomic E-state index is -1.47. The van der Waals surface area contributed by atoms with Gasteiger partial charge in [0.1, 0.15) is 11.5 Å². The van der Waals surface area contributed by atoms with E-state index in [1.54, 1.807) is 60.7 Å². The van der Waals surface area contributed by atoms with E-state index < -0.39 is 30.4 Å². The van der Waals surface area contributed by atoms with Crippen LogP contribution in [0.2, 0.25) is 10.0 Å². The molecular weight excluding hydrogens is 790 g/mol. The van der Waals surface area contributed by atoms with Gasteiger partial charge in [0.05, 0.1) is 33.2 Å². The second-order valence-electron chi connectivity index (χ2n) is 9.32. The Morgan fingerprint density at radius 3 is 1.72 bits per heavy atom. The van der Waals surface area contributed by atoms with Gasteiger partial charge in [-0.15, -0.1) is 0 Å². The lowest BCUT2D eigenvalue weighted by atomic mass is 9.80. The van der Waals surface area contributed by atoms with E-state index in [2.05, 4.69) is 31.9 Å². The molecule has 47 heavy (non-hydrogen) atoms. The highest BCUT2D eigenvalue weighted by Gasteiger charge is 2.22. The third-order valence-corrected chi connectivity index (χ3v) is 8.62. The van der Waals surface area contributed by atoms with Gasteiger partial charge in [-0.1, -0.05) is 91.3 Å². The van der Waals surface area contributed by atoms with Gasteiger partial charge in [0.15, 0.2) is 23.3 Å². The molecule has 4 nitrogen and oxygen atoms in total. The molecule has 0 aliphatic rings. The zero-order chi connectivity index (χ0) is 34.1. The van der Waals surface area contributed by atoms with Gasteiger partial charge in [0.25, 0.3) is 0 Å². The molecule has 0 aliphatic heterocycles. The van der Waals surface area contributed by atoms with Gasteiger partial charge >= 0.3 is 7.12 Å². The summed E-state index contributed by atoms with van der Waals surface area (Å²) in [5.41, 5.74) is 2.39. The van der Waals surface area contributed by atoms with Gasteiger partial charge in [0.2, 0.25) is 0 Å². The molecule has 0 spiro atoms. The number of rotatable bonds is 5. The van der Waals surface area contributed by atoms with Crippen LogP contribution >= 0.6 is 55.1 Å². The summed E-state index contributed by atoms with van der Waals surface area (Å²) in [4.78, 5) is 0. The Bertz CT molecular complexity index is 1800. The number of benzene rings is 5. The zero-order valence-electron chi connectivity index (χ0n) is 24.4. The predicted octanol–water partition coefficient (Wildman–Crippen LogP) is 10.4. The Balaban J connectivity index is 0.000000279. The fourth-order valence-corrected chi connectivity index (χ4v) is 5.49. The summed E-state index contributed by atoms with van der Waals surface area (Å²) >= 11 is 17.4. The van der Waals surface area contributed by atoms with E-state index in [0.717, 1.165) is 5.56 Å². The van der Waals surface area contributed by atoms with Gasteiger partial charge in [-0.3, -0.25) is 0 Å². The summed E-state index contributed by atoms with van der Waals surface area (Å²) in [5, 5.41) is 17.9. The fourth-order valence-electron chi connectivity index (χ4n) is 4.18. The highest BCUT2D eigenvalue weighted by molar-refractivity contribution is 9.11. The maximum Gasteiger partial charge on any atom is 0.492 e. The topological polar surface area (TPSA) is 58.9 Å². The predicted molar refractivity (Wildman–Crippen MR) is 190 cm³/mol. The van der Waals surface area contributed by atoms with Crippen molar-refractivity contribution in [3.8, 4) is 33.8 Å². The average Bonchev–Trinajstić information content (AvgIpc) is 3.06. The van der Waals surface area contributed by atoms with E-state index in [9.17, 15) is 17.6 Å². The van der Waals surface area contributed by atoms with Crippen molar-refractivity contribution in [2.24, 2.45) is 0 Å². The Labute approximate surface area is 298 Å². The van der Waals surface area contributed by atoms with E-state index in [-0.39, 0.29) is 37.5 Å². The van der Waals surface area contributed by atoms with Crippen LogP contribution in [0.25, 0.3) is 22.3 Å². The number of para-hydroxylation sites is 2. The van der Waals surface area contributed by atoms with Crippen molar-refractivity contribution in [2.75, 3.05) is 14.2 Å². The summed E-state index contributed by atoms with van der Waals surface area (Å²) in [6, 6.07) is 23.5. The fraction of sp³-hybridized carbons (Fsp3) is 0.118. The van der Waals surface area contributed by atoms with Crippen LogP contribution in [0.15, 0.2) is 93.9 Å². The molecule has 0 fully saturated rings. The van der Waals surface area contributed by atoms with Crippen LogP contribution in [0.1, 0.15) is 13.0 Å². The van der Waals surface area contributed by atoms with Crippen molar-refractivity contribution in [3.05, 3.63) is 133 Å². The number of halogens is 8. The molecule has 2 N–H and O–H groups in total. The third-order valence-electron chi connectivity index (χ3n) is 6.45. The van der Waals surface area contributed by atoms with E-state index in [1.807, 2.05) is 19.1 Å². The van der Waals surface area contributed by atoms with Gasteiger partial charge in [-0.2, -0.15) is 0 Å². The smallest absolute Gasteiger partial charge is 0.492 e. The zero-order valence-corrected chi connectivity index (χ0v) is 29.1. The molecular formula is C34H29BBr2Cl2F4O4. The monoisotopic (exact) mass is 816 g/mol. The molecule has 13 heteroatoms. The van der Waals surface area contributed by atoms with Crippen molar-refractivity contribution >= 4 is 67.6 Å². The molecule has 0 heterocycles. The lowest BCUT2D eigenvalue weighted by Gasteiger charge is -2.15. The van der Waals surface area contributed by atoms with Crippen molar-refractivity contribution in [2.45, 2.75) is 14.4 Å². The minimum Gasteiger partial charge on any atom is -0.497 e. The molecule has 0 bridgehead atoms. The number of ether oxygens (including phenoxy) is 2. The first-order valence-electron chi connectivity index (χ1n) is 13.2. The first-order chi connectivity index (χ1) is 21.8. The molecule has 0 saturated carbocycles. The minimum absolute atomic E-state index is 0. The van der Waals surface area contributed by atoms with Gasteiger partial charge < -0.3 is 19.5 Å². The molecule has 248 valence electrons. The van der Waals surface area contributed by atoms with E-state index in [1.165, 1.54) is 26.4 Å². The number of aryl methyl sites for hydroxylation is 1. The maximum absolute atomic E-state index is 14.8. The number of methoxy groups -OCH3 is 2. The van der Waals surface area contributed by atoms with Crippen LogP contribution in [0.4, 0.5) is 17.6 Å². The van der Waals surface area contributed by atoms with E-state index in [4.69, 9.17) is 42.7 Å². The highest BCUT2D eigenvalue weighted by atomic mass is 79.9. The third kappa shape index (κ3) is 9.75. The Morgan fingerprint density at radius 2 is 1.17 bits per heavy atom. The van der Waals surface area contributed by atoms with Crippen molar-refractivity contribution in [3.63, 3.8) is 0 Å².